The third-order valence-electron chi connectivity index (χ3n) is 7.84. The molecule has 6 heteroatoms. The number of ether oxygens (including phenoxy) is 2. The van der Waals surface area contributed by atoms with Crippen molar-refractivity contribution in [1.82, 2.24) is 9.97 Å². The second-order valence-electron chi connectivity index (χ2n) is 9.95. The van der Waals surface area contributed by atoms with Crippen molar-refractivity contribution in [1.29, 1.82) is 0 Å². The van der Waals surface area contributed by atoms with E-state index in [9.17, 15) is 9.59 Å². The molecule has 0 amide bonds. The van der Waals surface area contributed by atoms with Crippen molar-refractivity contribution in [2.24, 2.45) is 0 Å². The van der Waals surface area contributed by atoms with Crippen molar-refractivity contribution in [3.05, 3.63) is 131 Å². The maximum Gasteiger partial charge on any atom is 0.229 e. The SMILES string of the molecule is COc1ccc(C2C3=C(Oc4c2c2nc5ccccc5nc2c2ccccc42)C(=O)c2ccccc2C3=O)cc1. The lowest BCUT2D eigenvalue weighted by atomic mass is 9.74. The molecule has 190 valence electrons. The van der Waals surface area contributed by atoms with E-state index in [0.717, 1.165) is 32.9 Å². The Morgan fingerprint density at radius 3 is 1.98 bits per heavy atom. The number of Topliss-reactive ketones (excluding diaryl/α,β-unsaturated/α-hetero) is 2. The highest BCUT2D eigenvalue weighted by molar-refractivity contribution is 6.28. The van der Waals surface area contributed by atoms with E-state index in [0.29, 0.717) is 39.2 Å². The Labute approximate surface area is 228 Å². The Bertz CT molecular complexity index is 2110. The first-order valence-corrected chi connectivity index (χ1v) is 13.0. The summed E-state index contributed by atoms with van der Waals surface area (Å²) in [4.78, 5) is 38.2. The molecule has 8 rings (SSSR count). The third-order valence-corrected chi connectivity index (χ3v) is 7.84. The number of fused-ring (bicyclic) bond motifs is 8. The fourth-order valence-corrected chi connectivity index (χ4v) is 6.01. The highest BCUT2D eigenvalue weighted by atomic mass is 16.5. The smallest absolute Gasteiger partial charge is 0.229 e. The Hall–Kier alpha value is -5.36. The number of para-hydroxylation sites is 2. The number of aromatic nitrogens is 2. The van der Waals surface area contributed by atoms with Gasteiger partial charge in [0.05, 0.1) is 34.7 Å². The van der Waals surface area contributed by atoms with Crippen LogP contribution in [0.15, 0.2) is 108 Å². The summed E-state index contributed by atoms with van der Waals surface area (Å²) in [7, 11) is 1.61. The summed E-state index contributed by atoms with van der Waals surface area (Å²) in [5, 5.41) is 1.67. The van der Waals surface area contributed by atoms with Crippen molar-refractivity contribution >= 4 is 44.4 Å². The molecule has 2 heterocycles. The fraction of sp³-hybridized carbons (Fsp3) is 0.0588. The second-order valence-corrected chi connectivity index (χ2v) is 9.95. The molecule has 5 aromatic carbocycles. The van der Waals surface area contributed by atoms with Gasteiger partial charge in [0.25, 0.3) is 0 Å². The molecule has 0 spiro atoms. The second kappa shape index (κ2) is 8.32. The van der Waals surface area contributed by atoms with Crippen molar-refractivity contribution < 1.29 is 19.1 Å². The summed E-state index contributed by atoms with van der Waals surface area (Å²) < 4.78 is 11.9. The Balaban J connectivity index is 1.53. The molecule has 0 N–H and O–H groups in total. The largest absolute Gasteiger partial charge is 0.497 e. The normalized spacial score (nSPS) is 16.1. The molecule has 0 saturated heterocycles. The molecule has 2 aliphatic rings. The van der Waals surface area contributed by atoms with Crippen LogP contribution in [0, 0.1) is 0 Å². The van der Waals surface area contributed by atoms with E-state index in [1.165, 1.54) is 0 Å². The number of allylic oxidation sites excluding steroid dienone is 2. The number of rotatable bonds is 2. The molecule has 0 radical (unpaired) electrons. The highest BCUT2D eigenvalue weighted by Gasteiger charge is 2.44. The number of ketones is 2. The molecule has 0 fully saturated rings. The van der Waals surface area contributed by atoms with E-state index >= 15 is 0 Å². The maximum absolute atomic E-state index is 14.2. The molecule has 0 saturated carbocycles. The summed E-state index contributed by atoms with van der Waals surface area (Å²) in [6.07, 6.45) is 0. The molecule has 40 heavy (non-hydrogen) atoms. The summed E-state index contributed by atoms with van der Waals surface area (Å²) >= 11 is 0. The average Bonchev–Trinajstić information content (AvgIpc) is 3.02. The van der Waals surface area contributed by atoms with Gasteiger partial charge in [0.15, 0.2) is 11.5 Å². The minimum Gasteiger partial charge on any atom is -0.497 e. The van der Waals surface area contributed by atoms with Gasteiger partial charge < -0.3 is 9.47 Å². The van der Waals surface area contributed by atoms with E-state index in [1.54, 1.807) is 31.4 Å². The lowest BCUT2D eigenvalue weighted by molar-refractivity contribution is 0.0928. The molecule has 1 aromatic heterocycles. The van der Waals surface area contributed by atoms with Crippen LogP contribution in [0.25, 0.3) is 32.8 Å². The highest BCUT2D eigenvalue weighted by Crippen LogP contribution is 2.52. The van der Waals surface area contributed by atoms with Gasteiger partial charge in [0, 0.05) is 33.4 Å². The summed E-state index contributed by atoms with van der Waals surface area (Å²) in [6, 6.07) is 30.0. The molecular weight excluding hydrogens is 500 g/mol. The van der Waals surface area contributed by atoms with Crippen LogP contribution in [0.3, 0.4) is 0 Å². The van der Waals surface area contributed by atoms with Crippen molar-refractivity contribution in [2.45, 2.75) is 5.92 Å². The van der Waals surface area contributed by atoms with E-state index < -0.39 is 5.92 Å². The molecule has 6 nitrogen and oxygen atoms in total. The monoisotopic (exact) mass is 520 g/mol. The molecular formula is C34H20N2O4. The van der Waals surface area contributed by atoms with Gasteiger partial charge in [-0.15, -0.1) is 0 Å². The van der Waals surface area contributed by atoms with Crippen LogP contribution in [0.2, 0.25) is 0 Å². The molecule has 1 aliphatic carbocycles. The minimum atomic E-state index is -0.614. The van der Waals surface area contributed by atoms with Crippen LogP contribution in [0.5, 0.6) is 11.5 Å². The van der Waals surface area contributed by atoms with Gasteiger partial charge in [-0.1, -0.05) is 72.8 Å². The van der Waals surface area contributed by atoms with Crippen molar-refractivity contribution in [3.63, 3.8) is 0 Å². The Kier molecular flexibility index (Phi) is 4.70. The predicted molar refractivity (Wildman–Crippen MR) is 152 cm³/mol. The zero-order valence-electron chi connectivity index (χ0n) is 21.3. The van der Waals surface area contributed by atoms with Crippen molar-refractivity contribution in [3.8, 4) is 11.5 Å². The number of carbonyl (C=O) groups excluding carboxylic acids is 2. The zero-order chi connectivity index (χ0) is 27.0. The first kappa shape index (κ1) is 22.6. The van der Waals surface area contributed by atoms with Crippen LogP contribution < -0.4 is 9.47 Å². The van der Waals surface area contributed by atoms with Crippen LogP contribution in [-0.2, 0) is 0 Å². The van der Waals surface area contributed by atoms with Gasteiger partial charge in [-0.25, -0.2) is 9.97 Å². The van der Waals surface area contributed by atoms with Crippen LogP contribution in [-0.4, -0.2) is 28.6 Å². The molecule has 1 aliphatic heterocycles. The summed E-state index contributed by atoms with van der Waals surface area (Å²) in [5.41, 5.74) is 5.44. The first-order chi connectivity index (χ1) is 19.6. The fourth-order valence-electron chi connectivity index (χ4n) is 6.01. The first-order valence-electron chi connectivity index (χ1n) is 13.0. The van der Waals surface area contributed by atoms with E-state index in [2.05, 4.69) is 0 Å². The van der Waals surface area contributed by atoms with E-state index in [4.69, 9.17) is 19.4 Å². The summed E-state index contributed by atoms with van der Waals surface area (Å²) in [6.45, 7) is 0. The van der Waals surface area contributed by atoms with Crippen LogP contribution in [0.1, 0.15) is 37.8 Å². The lowest BCUT2D eigenvalue weighted by Gasteiger charge is -2.34. The van der Waals surface area contributed by atoms with Crippen LogP contribution >= 0.6 is 0 Å². The van der Waals surface area contributed by atoms with Crippen molar-refractivity contribution in [2.75, 3.05) is 7.11 Å². The van der Waals surface area contributed by atoms with Gasteiger partial charge in [0.2, 0.25) is 5.78 Å². The standard InChI is InChI=1S/C34H20N2O4/c1-39-19-16-14-18(15-17-19)26-27-30-29(35-24-12-6-7-13-25(24)36-30)20-8-2-5-11-23(20)33(27)40-34-28(26)31(37)21-9-3-4-10-22(21)32(34)38/h2-17,26H,1H3. The third kappa shape index (κ3) is 3.04. The predicted octanol–water partition coefficient (Wildman–Crippen LogP) is 6.80. The zero-order valence-corrected chi connectivity index (χ0v) is 21.3. The number of hydrogen-bond donors (Lipinski definition) is 0. The van der Waals surface area contributed by atoms with Gasteiger partial charge in [0.1, 0.15) is 11.5 Å². The van der Waals surface area contributed by atoms with Gasteiger partial charge in [-0.05, 0) is 29.8 Å². The molecule has 1 atom stereocenters. The number of nitrogens with zero attached hydrogens (tertiary/aromatic N) is 2. The quantitative estimate of drug-likeness (QED) is 0.185. The number of methoxy groups -OCH3 is 1. The molecule has 6 aromatic rings. The summed E-state index contributed by atoms with van der Waals surface area (Å²) in [5.74, 6) is 0.130. The van der Waals surface area contributed by atoms with E-state index in [1.807, 2.05) is 72.8 Å². The van der Waals surface area contributed by atoms with Gasteiger partial charge in [-0.3, -0.25) is 9.59 Å². The molecule has 1 unspecified atom stereocenters. The van der Waals surface area contributed by atoms with Gasteiger partial charge >= 0.3 is 0 Å². The van der Waals surface area contributed by atoms with E-state index in [-0.39, 0.29) is 17.3 Å². The Morgan fingerprint density at radius 2 is 1.27 bits per heavy atom. The number of hydrogen-bond acceptors (Lipinski definition) is 6. The average molecular weight is 521 g/mol. The molecule has 0 bridgehead atoms. The van der Waals surface area contributed by atoms with Crippen LogP contribution in [0.4, 0.5) is 0 Å². The van der Waals surface area contributed by atoms with Gasteiger partial charge in [-0.2, -0.15) is 0 Å². The Morgan fingerprint density at radius 1 is 0.675 bits per heavy atom. The minimum absolute atomic E-state index is 0.0651. The topological polar surface area (TPSA) is 78.4 Å². The maximum atomic E-state index is 14.2. The number of carbonyl (C=O) groups is 2. The lowest BCUT2D eigenvalue weighted by Crippen LogP contribution is -2.32. The number of benzene rings is 5.